The third kappa shape index (κ3) is 2.90. The molecule has 16 heavy (non-hydrogen) atoms. The fourth-order valence-corrected chi connectivity index (χ4v) is 1.34. The van der Waals surface area contributed by atoms with Gasteiger partial charge in [0.2, 0.25) is 0 Å². The van der Waals surface area contributed by atoms with E-state index in [0.29, 0.717) is 12.0 Å². The molecule has 6 heteroatoms. The minimum atomic E-state index is -4.33. The topological polar surface area (TPSA) is 48.8 Å². The second kappa shape index (κ2) is 4.90. The number of benzene rings is 1. The maximum absolute atomic E-state index is 12.3. The molecule has 1 aromatic carbocycles. The average Bonchev–Trinajstić information content (AvgIpc) is 2.25. The Hall–Kier alpha value is -1.68. The maximum Gasteiger partial charge on any atom is 0.416 e. The van der Waals surface area contributed by atoms with E-state index in [1.165, 1.54) is 12.1 Å². The molecule has 0 aromatic heterocycles. The molecule has 0 aliphatic carbocycles. The van der Waals surface area contributed by atoms with Crippen LogP contribution in [0.2, 0.25) is 0 Å². The summed E-state index contributed by atoms with van der Waals surface area (Å²) in [5.74, 6) is 0. The van der Waals surface area contributed by atoms with Gasteiger partial charge in [0.15, 0.2) is 0 Å². The SMILES string of the molecule is CC[C@@H](N=[N+]=[N-])c1ccc(C(F)(F)F)cc1. The molecule has 1 rings (SSSR count). The molecule has 0 amide bonds. The predicted octanol–water partition coefficient (Wildman–Crippen LogP) is 4.47. The maximum atomic E-state index is 12.3. The van der Waals surface area contributed by atoms with Crippen molar-refractivity contribution in [2.24, 2.45) is 5.11 Å². The summed E-state index contributed by atoms with van der Waals surface area (Å²) in [7, 11) is 0. The molecule has 3 nitrogen and oxygen atoms in total. The van der Waals surface area contributed by atoms with Gasteiger partial charge < -0.3 is 0 Å². The predicted molar refractivity (Wildman–Crippen MR) is 53.6 cm³/mol. The Labute approximate surface area is 90.5 Å². The third-order valence-corrected chi connectivity index (χ3v) is 2.20. The van der Waals surface area contributed by atoms with Crippen molar-refractivity contribution in [2.75, 3.05) is 0 Å². The molecule has 1 atom stereocenters. The molecule has 0 unspecified atom stereocenters. The van der Waals surface area contributed by atoms with Crippen LogP contribution in [-0.4, -0.2) is 0 Å². The lowest BCUT2D eigenvalue weighted by Crippen LogP contribution is -2.05. The van der Waals surface area contributed by atoms with Gasteiger partial charge in [0.1, 0.15) is 0 Å². The average molecular weight is 229 g/mol. The molecule has 0 spiro atoms. The summed E-state index contributed by atoms with van der Waals surface area (Å²) in [5.41, 5.74) is 8.18. The van der Waals surface area contributed by atoms with Gasteiger partial charge in [0.05, 0.1) is 11.6 Å². The summed E-state index contributed by atoms with van der Waals surface area (Å²) in [5, 5.41) is 3.50. The largest absolute Gasteiger partial charge is 0.416 e. The molecule has 0 aliphatic heterocycles. The zero-order valence-electron chi connectivity index (χ0n) is 8.57. The molecule has 1 aromatic rings. The minimum Gasteiger partial charge on any atom is -0.166 e. The van der Waals surface area contributed by atoms with E-state index in [4.69, 9.17) is 5.53 Å². The van der Waals surface area contributed by atoms with E-state index in [1.807, 2.05) is 0 Å². The smallest absolute Gasteiger partial charge is 0.166 e. The quantitative estimate of drug-likeness (QED) is 0.417. The zero-order valence-corrected chi connectivity index (χ0v) is 8.57. The van der Waals surface area contributed by atoms with Crippen molar-refractivity contribution in [3.63, 3.8) is 0 Å². The Kier molecular flexibility index (Phi) is 3.79. The number of azide groups is 1. The van der Waals surface area contributed by atoms with Gasteiger partial charge in [-0.3, -0.25) is 0 Å². The van der Waals surface area contributed by atoms with Crippen LogP contribution in [0.1, 0.15) is 30.5 Å². The van der Waals surface area contributed by atoms with Gasteiger partial charge in [-0.15, -0.1) is 0 Å². The van der Waals surface area contributed by atoms with E-state index in [0.717, 1.165) is 12.1 Å². The highest BCUT2D eigenvalue weighted by atomic mass is 19.4. The molecule has 0 fully saturated rings. The highest BCUT2D eigenvalue weighted by Crippen LogP contribution is 2.30. The van der Waals surface area contributed by atoms with Gasteiger partial charge in [0, 0.05) is 4.91 Å². The van der Waals surface area contributed by atoms with E-state index < -0.39 is 17.8 Å². The summed E-state index contributed by atoms with van der Waals surface area (Å²) in [4.78, 5) is 2.66. The highest BCUT2D eigenvalue weighted by molar-refractivity contribution is 5.26. The van der Waals surface area contributed by atoms with E-state index in [2.05, 4.69) is 10.0 Å². The van der Waals surface area contributed by atoms with Crippen LogP contribution < -0.4 is 0 Å². The first-order chi connectivity index (χ1) is 7.49. The minimum absolute atomic E-state index is 0.410. The molecule has 0 saturated carbocycles. The normalized spacial score (nSPS) is 13.0. The van der Waals surface area contributed by atoms with Crippen molar-refractivity contribution < 1.29 is 13.2 Å². The van der Waals surface area contributed by atoms with Crippen molar-refractivity contribution >= 4 is 0 Å². The van der Waals surface area contributed by atoms with Crippen LogP contribution in [0.15, 0.2) is 29.4 Å². The van der Waals surface area contributed by atoms with Gasteiger partial charge in [-0.05, 0) is 29.6 Å². The van der Waals surface area contributed by atoms with Crippen LogP contribution in [0.3, 0.4) is 0 Å². The molecule has 86 valence electrons. The highest BCUT2D eigenvalue weighted by Gasteiger charge is 2.30. The Bertz CT molecular complexity index is 391. The molecule has 0 saturated heterocycles. The van der Waals surface area contributed by atoms with Crippen molar-refractivity contribution in [3.8, 4) is 0 Å². The first-order valence-electron chi connectivity index (χ1n) is 4.70. The van der Waals surface area contributed by atoms with Crippen LogP contribution in [0.5, 0.6) is 0 Å². The monoisotopic (exact) mass is 229 g/mol. The lowest BCUT2D eigenvalue weighted by atomic mass is 10.0. The standard InChI is InChI=1S/C10H10F3N3/c1-2-9(15-16-14)7-3-5-8(6-4-7)10(11,12)13/h3-6,9H,2H2,1H3/t9-/m1/s1. The Balaban J connectivity index is 2.98. The third-order valence-electron chi connectivity index (χ3n) is 2.20. The van der Waals surface area contributed by atoms with Crippen molar-refractivity contribution in [1.29, 1.82) is 0 Å². The number of rotatable bonds is 3. The zero-order chi connectivity index (χ0) is 12.2. The van der Waals surface area contributed by atoms with E-state index in [-0.39, 0.29) is 0 Å². The molecular formula is C10H10F3N3. The van der Waals surface area contributed by atoms with Gasteiger partial charge in [-0.2, -0.15) is 13.2 Å². The lowest BCUT2D eigenvalue weighted by molar-refractivity contribution is -0.137. The van der Waals surface area contributed by atoms with E-state index in [1.54, 1.807) is 6.92 Å². The number of halogens is 3. The van der Waals surface area contributed by atoms with Gasteiger partial charge >= 0.3 is 6.18 Å². The molecule has 0 N–H and O–H groups in total. The molecule has 0 radical (unpaired) electrons. The van der Waals surface area contributed by atoms with Crippen LogP contribution in [0.4, 0.5) is 13.2 Å². The first-order valence-corrected chi connectivity index (χ1v) is 4.70. The number of alkyl halides is 3. The molecule has 0 heterocycles. The summed E-state index contributed by atoms with van der Waals surface area (Å²) in [6.07, 6.45) is -3.78. The van der Waals surface area contributed by atoms with E-state index in [9.17, 15) is 13.2 Å². The van der Waals surface area contributed by atoms with Crippen LogP contribution in [0, 0.1) is 0 Å². The lowest BCUT2D eigenvalue weighted by Gasteiger charge is -2.11. The number of nitrogens with zero attached hydrogens (tertiary/aromatic N) is 3. The Morgan fingerprint density at radius 1 is 1.31 bits per heavy atom. The van der Waals surface area contributed by atoms with E-state index >= 15 is 0 Å². The fourth-order valence-electron chi connectivity index (χ4n) is 1.34. The summed E-state index contributed by atoms with van der Waals surface area (Å²) < 4.78 is 36.8. The van der Waals surface area contributed by atoms with Crippen molar-refractivity contribution in [3.05, 3.63) is 45.8 Å². The van der Waals surface area contributed by atoms with Crippen LogP contribution in [-0.2, 0) is 6.18 Å². The van der Waals surface area contributed by atoms with Gasteiger partial charge in [0.25, 0.3) is 0 Å². The molecular weight excluding hydrogens is 219 g/mol. The fraction of sp³-hybridized carbons (Fsp3) is 0.400. The van der Waals surface area contributed by atoms with Gasteiger partial charge in [-0.1, -0.05) is 24.2 Å². The number of hydrogen-bond donors (Lipinski definition) is 0. The molecule has 0 bridgehead atoms. The van der Waals surface area contributed by atoms with Gasteiger partial charge in [-0.25, -0.2) is 0 Å². The summed E-state index contributed by atoms with van der Waals surface area (Å²) >= 11 is 0. The second-order valence-corrected chi connectivity index (χ2v) is 3.25. The Morgan fingerprint density at radius 3 is 2.25 bits per heavy atom. The van der Waals surface area contributed by atoms with Crippen LogP contribution >= 0.6 is 0 Å². The van der Waals surface area contributed by atoms with Crippen molar-refractivity contribution in [1.82, 2.24) is 0 Å². The second-order valence-electron chi connectivity index (χ2n) is 3.25. The first kappa shape index (κ1) is 12.4. The summed E-state index contributed by atoms with van der Waals surface area (Å²) in [6, 6.07) is 4.25. The van der Waals surface area contributed by atoms with Crippen LogP contribution in [0.25, 0.3) is 10.4 Å². The number of hydrogen-bond acceptors (Lipinski definition) is 1. The molecule has 0 aliphatic rings. The van der Waals surface area contributed by atoms with Crippen molar-refractivity contribution in [2.45, 2.75) is 25.6 Å². The Morgan fingerprint density at radius 2 is 1.88 bits per heavy atom. The summed E-state index contributed by atoms with van der Waals surface area (Å²) in [6.45, 7) is 1.80.